The topological polar surface area (TPSA) is 77.5 Å². The number of esters is 1. The van der Waals surface area contributed by atoms with Gasteiger partial charge in [-0.15, -0.1) is 0 Å². The Kier molecular flexibility index (Phi) is 9.81. The smallest absolute Gasteiger partial charge is 0.316 e. The Labute approximate surface area is 245 Å². The van der Waals surface area contributed by atoms with Gasteiger partial charge in [0, 0.05) is 12.3 Å². The molecule has 2 aromatic carbocycles. The average Bonchev–Trinajstić information content (AvgIpc) is 3.13. The van der Waals surface area contributed by atoms with Crippen LogP contribution in [0.4, 0.5) is 0 Å². The lowest BCUT2D eigenvalue weighted by molar-refractivity contribution is -0.148. The van der Waals surface area contributed by atoms with Gasteiger partial charge in [0.25, 0.3) is 0 Å². The molecule has 0 saturated heterocycles. The standard InChI is InChI=1S/C35H42O5S/c1-10-11-12-30(22(2)3)41(38,39)21-27-15-13-26(14-16-27)19-28-20-29(40-34(37)35(7,8)9)32(33(28)36)31-24(5)17-23(4)18-25(31)6/h10-18,28H,2,19-21H2,1,3-9H3. The van der Waals surface area contributed by atoms with E-state index < -0.39 is 15.3 Å². The maximum Gasteiger partial charge on any atom is 0.316 e. The van der Waals surface area contributed by atoms with Gasteiger partial charge in [-0.1, -0.05) is 60.7 Å². The zero-order valence-electron chi connectivity index (χ0n) is 25.6. The molecule has 0 bridgehead atoms. The summed E-state index contributed by atoms with van der Waals surface area (Å²) in [6.45, 7) is 18.7. The van der Waals surface area contributed by atoms with E-state index in [2.05, 4.69) is 6.58 Å². The highest BCUT2D eigenvalue weighted by Crippen LogP contribution is 2.41. The lowest BCUT2D eigenvalue weighted by atomic mass is 9.89. The van der Waals surface area contributed by atoms with Crippen molar-refractivity contribution in [1.82, 2.24) is 0 Å². The summed E-state index contributed by atoms with van der Waals surface area (Å²) in [5.74, 6) is -0.511. The maximum atomic E-state index is 13.9. The molecule has 1 atom stereocenters. The zero-order valence-corrected chi connectivity index (χ0v) is 26.4. The number of ketones is 1. The van der Waals surface area contributed by atoms with Gasteiger partial charge in [0.1, 0.15) is 5.76 Å². The van der Waals surface area contributed by atoms with Crippen LogP contribution in [0.1, 0.15) is 74.4 Å². The van der Waals surface area contributed by atoms with Crippen LogP contribution in [-0.2, 0) is 36.3 Å². The first kappa shape index (κ1) is 32.0. The molecule has 218 valence electrons. The van der Waals surface area contributed by atoms with Crippen molar-refractivity contribution in [2.24, 2.45) is 11.3 Å². The monoisotopic (exact) mass is 574 g/mol. The predicted molar refractivity (Wildman–Crippen MR) is 167 cm³/mol. The Morgan fingerprint density at radius 2 is 1.61 bits per heavy atom. The minimum Gasteiger partial charge on any atom is -0.430 e. The molecule has 5 nitrogen and oxygen atoms in total. The summed E-state index contributed by atoms with van der Waals surface area (Å²) in [6, 6.07) is 11.4. The highest BCUT2D eigenvalue weighted by atomic mass is 32.2. The Morgan fingerprint density at radius 3 is 2.12 bits per heavy atom. The Balaban J connectivity index is 1.88. The van der Waals surface area contributed by atoms with E-state index >= 15 is 0 Å². The molecule has 0 aliphatic heterocycles. The van der Waals surface area contributed by atoms with Crippen LogP contribution < -0.4 is 0 Å². The van der Waals surface area contributed by atoms with E-state index in [-0.39, 0.29) is 28.3 Å². The second kappa shape index (κ2) is 12.6. The summed E-state index contributed by atoms with van der Waals surface area (Å²) in [6.07, 6.45) is 5.82. The number of aryl methyl sites for hydroxylation is 3. The minimum atomic E-state index is -3.57. The van der Waals surface area contributed by atoms with E-state index in [1.54, 1.807) is 58.1 Å². The first-order valence-corrected chi connectivity index (χ1v) is 15.6. The van der Waals surface area contributed by atoms with E-state index in [9.17, 15) is 18.0 Å². The van der Waals surface area contributed by atoms with Crippen molar-refractivity contribution in [2.75, 3.05) is 0 Å². The van der Waals surface area contributed by atoms with Gasteiger partial charge in [-0.3, -0.25) is 9.59 Å². The van der Waals surface area contributed by atoms with Crippen LogP contribution in [0.15, 0.2) is 77.4 Å². The number of Topliss-reactive ketones (excluding diaryl/α,β-unsaturated/α-hetero) is 1. The molecular weight excluding hydrogens is 532 g/mol. The molecule has 0 saturated carbocycles. The summed E-state index contributed by atoms with van der Waals surface area (Å²) < 4.78 is 32.0. The average molecular weight is 575 g/mol. The Hall–Kier alpha value is -3.51. The zero-order chi connectivity index (χ0) is 30.7. The van der Waals surface area contributed by atoms with Gasteiger partial charge in [0.15, 0.2) is 15.6 Å². The first-order chi connectivity index (χ1) is 19.0. The highest BCUT2D eigenvalue weighted by Gasteiger charge is 2.38. The number of hydrogen-bond acceptors (Lipinski definition) is 5. The normalized spacial score (nSPS) is 16.5. The molecule has 1 unspecified atom stereocenters. The molecule has 1 aliphatic rings. The van der Waals surface area contributed by atoms with Crippen LogP contribution >= 0.6 is 0 Å². The molecule has 0 amide bonds. The lowest BCUT2D eigenvalue weighted by Gasteiger charge is -2.18. The summed E-state index contributed by atoms with van der Waals surface area (Å²) in [7, 11) is -3.57. The van der Waals surface area contributed by atoms with Crippen molar-refractivity contribution in [1.29, 1.82) is 0 Å². The molecule has 0 fully saturated rings. The van der Waals surface area contributed by atoms with Crippen LogP contribution in [-0.4, -0.2) is 20.2 Å². The quantitative estimate of drug-likeness (QED) is 0.227. The number of rotatable bonds is 9. The van der Waals surface area contributed by atoms with Crippen LogP contribution in [0, 0.1) is 32.1 Å². The fraction of sp³-hybridized carbons (Fsp3) is 0.371. The van der Waals surface area contributed by atoms with Crippen LogP contribution in [0.2, 0.25) is 0 Å². The molecule has 0 spiro atoms. The van der Waals surface area contributed by atoms with E-state index in [0.29, 0.717) is 35.3 Å². The molecule has 41 heavy (non-hydrogen) atoms. The molecule has 0 aromatic heterocycles. The predicted octanol–water partition coefficient (Wildman–Crippen LogP) is 7.69. The van der Waals surface area contributed by atoms with Crippen molar-refractivity contribution >= 4 is 27.2 Å². The molecular formula is C35H42O5S. The number of ether oxygens (including phenoxy) is 1. The summed E-state index contributed by atoms with van der Waals surface area (Å²) in [5, 5.41) is 0. The largest absolute Gasteiger partial charge is 0.430 e. The van der Waals surface area contributed by atoms with Gasteiger partial charge in [-0.2, -0.15) is 0 Å². The lowest BCUT2D eigenvalue weighted by Crippen LogP contribution is -2.22. The maximum absolute atomic E-state index is 13.9. The Morgan fingerprint density at radius 1 is 1.05 bits per heavy atom. The number of allylic oxidation sites excluding steroid dienone is 6. The third-order valence-electron chi connectivity index (χ3n) is 7.14. The second-order valence-corrected chi connectivity index (χ2v) is 14.1. The highest BCUT2D eigenvalue weighted by molar-refractivity contribution is 7.94. The Bertz CT molecular complexity index is 1540. The van der Waals surface area contributed by atoms with E-state index in [0.717, 1.165) is 27.8 Å². The summed E-state index contributed by atoms with van der Waals surface area (Å²) >= 11 is 0. The van der Waals surface area contributed by atoms with Crippen molar-refractivity contribution in [3.63, 3.8) is 0 Å². The molecule has 0 radical (unpaired) electrons. The SMILES string of the molecule is C=C(C)C(=CC=CC)S(=O)(=O)Cc1ccc(CC2CC(OC(=O)C(C)(C)C)=C(c3c(C)cc(C)cc3C)C2=O)cc1. The van der Waals surface area contributed by atoms with Gasteiger partial charge < -0.3 is 4.74 Å². The molecule has 2 aromatic rings. The van der Waals surface area contributed by atoms with Gasteiger partial charge in [-0.25, -0.2) is 8.42 Å². The number of benzene rings is 2. The molecule has 0 N–H and O–H groups in total. The number of carbonyl (C=O) groups is 2. The van der Waals surface area contributed by atoms with Gasteiger partial charge >= 0.3 is 5.97 Å². The molecule has 3 rings (SSSR count). The number of carbonyl (C=O) groups excluding carboxylic acids is 2. The summed E-state index contributed by atoms with van der Waals surface area (Å²) in [4.78, 5) is 27.0. The molecule has 1 aliphatic carbocycles. The van der Waals surface area contributed by atoms with Crippen LogP contribution in [0.3, 0.4) is 0 Å². The molecule has 0 heterocycles. The van der Waals surface area contributed by atoms with Crippen molar-refractivity contribution in [3.8, 4) is 0 Å². The van der Waals surface area contributed by atoms with Crippen molar-refractivity contribution in [2.45, 2.75) is 74.0 Å². The first-order valence-electron chi connectivity index (χ1n) is 13.9. The van der Waals surface area contributed by atoms with E-state index in [4.69, 9.17) is 4.74 Å². The second-order valence-electron chi connectivity index (χ2n) is 12.1. The fourth-order valence-corrected chi connectivity index (χ4v) is 6.77. The minimum absolute atomic E-state index is 0.0383. The van der Waals surface area contributed by atoms with Crippen LogP contribution in [0.25, 0.3) is 5.57 Å². The van der Waals surface area contributed by atoms with Crippen molar-refractivity contribution in [3.05, 3.63) is 111 Å². The van der Waals surface area contributed by atoms with Gasteiger partial charge in [-0.05, 0) is 101 Å². The van der Waals surface area contributed by atoms with Crippen molar-refractivity contribution < 1.29 is 22.7 Å². The van der Waals surface area contributed by atoms with E-state index in [1.165, 1.54) is 0 Å². The number of sulfone groups is 1. The number of hydrogen-bond donors (Lipinski definition) is 0. The van der Waals surface area contributed by atoms with Gasteiger partial charge in [0.05, 0.1) is 21.6 Å². The molecule has 6 heteroatoms. The third-order valence-corrected chi connectivity index (χ3v) is 9.01. The fourth-order valence-electron chi connectivity index (χ4n) is 5.17. The van der Waals surface area contributed by atoms with Gasteiger partial charge in [0.2, 0.25) is 0 Å². The van der Waals surface area contributed by atoms with Crippen LogP contribution in [0.5, 0.6) is 0 Å². The summed E-state index contributed by atoms with van der Waals surface area (Å²) in [5.41, 5.74) is 5.72. The third kappa shape index (κ3) is 7.62. The van der Waals surface area contributed by atoms with E-state index in [1.807, 2.05) is 52.0 Å².